The van der Waals surface area contributed by atoms with E-state index < -0.39 is 5.60 Å². The molecule has 1 rings (SSSR count). The highest BCUT2D eigenvalue weighted by Crippen LogP contribution is 2.21. The van der Waals surface area contributed by atoms with Crippen molar-refractivity contribution in [2.75, 3.05) is 6.54 Å². The molecule has 17 heavy (non-hydrogen) atoms. The Morgan fingerprint density at radius 3 is 2.65 bits per heavy atom. The molecule has 1 aliphatic carbocycles. The monoisotopic (exact) mass is 236 g/mol. The van der Waals surface area contributed by atoms with Crippen molar-refractivity contribution in [3.63, 3.8) is 0 Å². The van der Waals surface area contributed by atoms with E-state index in [0.717, 1.165) is 5.70 Å². The fourth-order valence-electron chi connectivity index (χ4n) is 1.52. The van der Waals surface area contributed by atoms with Gasteiger partial charge in [0.25, 0.3) is 0 Å². The maximum Gasteiger partial charge on any atom is 0.336 e. The zero-order valence-electron chi connectivity index (χ0n) is 10.5. The van der Waals surface area contributed by atoms with Gasteiger partial charge in [0, 0.05) is 12.1 Å². The summed E-state index contributed by atoms with van der Waals surface area (Å²) in [5.74, 6) is -0.324. The minimum absolute atomic E-state index is 0.0927. The van der Waals surface area contributed by atoms with Gasteiger partial charge in [-0.25, -0.2) is 4.79 Å². The summed E-state index contributed by atoms with van der Waals surface area (Å²) < 4.78 is 5.32. The van der Waals surface area contributed by atoms with Gasteiger partial charge in [0.1, 0.15) is 5.60 Å². The minimum Gasteiger partial charge on any atom is -0.457 e. The van der Waals surface area contributed by atoms with E-state index in [2.05, 4.69) is 5.32 Å². The van der Waals surface area contributed by atoms with Crippen LogP contribution in [-0.4, -0.2) is 24.4 Å². The van der Waals surface area contributed by atoms with Crippen LogP contribution >= 0.6 is 0 Å². The van der Waals surface area contributed by atoms with Gasteiger partial charge in [0.05, 0.1) is 12.1 Å². The molecule has 0 unspecified atom stereocenters. The van der Waals surface area contributed by atoms with Gasteiger partial charge in [-0.15, -0.1) is 0 Å². The van der Waals surface area contributed by atoms with Crippen LogP contribution in [-0.2, 0) is 14.3 Å². The lowest BCUT2D eigenvalue weighted by atomic mass is 10.0. The van der Waals surface area contributed by atoms with Gasteiger partial charge in [-0.05, 0) is 27.2 Å². The first-order valence-electron chi connectivity index (χ1n) is 5.63. The summed E-state index contributed by atoms with van der Waals surface area (Å²) in [6.07, 6.45) is 6.80. The lowest BCUT2D eigenvalue weighted by molar-refractivity contribution is -0.150. The van der Waals surface area contributed by atoms with Crippen LogP contribution in [0.5, 0.6) is 0 Å². The molecule has 0 fully saturated rings. The lowest BCUT2D eigenvalue weighted by Crippen LogP contribution is -2.28. The Hall–Kier alpha value is -1.58. The maximum atomic E-state index is 11.9. The zero-order valence-corrected chi connectivity index (χ0v) is 10.5. The molecule has 0 amide bonds. The van der Waals surface area contributed by atoms with Crippen molar-refractivity contribution in [3.8, 4) is 0 Å². The fraction of sp³-hybridized carbons (Fsp3) is 0.538. The summed E-state index contributed by atoms with van der Waals surface area (Å²) in [4.78, 5) is 22.1. The molecule has 1 N–H and O–H groups in total. The minimum atomic E-state index is -0.507. The third kappa shape index (κ3) is 4.43. The quantitative estimate of drug-likeness (QED) is 0.595. The standard InChI is InChI=1S/C13H18NO3/c1-13(2,3)17-12(16)10-6-4-5-7-11(10)14-8-9-15/h4-5,14H,6-8H2,1-3H3. The third-order valence-corrected chi connectivity index (χ3v) is 2.19. The number of allylic oxidation sites excluding steroid dienone is 2. The maximum absolute atomic E-state index is 11.9. The van der Waals surface area contributed by atoms with Gasteiger partial charge >= 0.3 is 5.97 Å². The van der Waals surface area contributed by atoms with Crippen molar-refractivity contribution in [2.24, 2.45) is 0 Å². The Morgan fingerprint density at radius 1 is 1.41 bits per heavy atom. The van der Waals surface area contributed by atoms with Crippen LogP contribution in [0.25, 0.3) is 0 Å². The first-order valence-corrected chi connectivity index (χ1v) is 5.63. The van der Waals surface area contributed by atoms with Gasteiger partial charge in [-0.1, -0.05) is 12.2 Å². The summed E-state index contributed by atoms with van der Waals surface area (Å²) in [5, 5.41) is 2.89. The number of carbonyl (C=O) groups is 1. The zero-order chi connectivity index (χ0) is 12.9. The molecule has 1 aliphatic rings. The number of nitrogens with one attached hydrogen (secondary N) is 1. The van der Waals surface area contributed by atoms with Crippen LogP contribution in [0.1, 0.15) is 33.6 Å². The molecule has 0 atom stereocenters. The predicted molar refractivity (Wildman–Crippen MR) is 64.9 cm³/mol. The van der Waals surface area contributed by atoms with Gasteiger partial charge in [-0.3, -0.25) is 4.79 Å². The third-order valence-electron chi connectivity index (χ3n) is 2.19. The van der Waals surface area contributed by atoms with Crippen LogP contribution < -0.4 is 5.32 Å². The fourth-order valence-corrected chi connectivity index (χ4v) is 1.52. The highest BCUT2D eigenvalue weighted by Gasteiger charge is 2.22. The number of ether oxygens (including phenoxy) is 1. The second kappa shape index (κ2) is 5.66. The molecule has 0 saturated heterocycles. The average Bonchev–Trinajstić information content (AvgIpc) is 2.24. The highest BCUT2D eigenvalue weighted by molar-refractivity contribution is 5.90. The Balaban J connectivity index is 2.78. The van der Waals surface area contributed by atoms with Crippen LogP contribution in [0.15, 0.2) is 23.4 Å². The molecule has 0 bridgehead atoms. The first-order chi connectivity index (χ1) is 7.94. The lowest BCUT2D eigenvalue weighted by Gasteiger charge is -2.23. The number of rotatable bonds is 4. The van der Waals surface area contributed by atoms with Gasteiger partial charge in [-0.2, -0.15) is 0 Å². The van der Waals surface area contributed by atoms with Crippen molar-refractivity contribution < 1.29 is 14.3 Å². The first kappa shape index (κ1) is 13.5. The van der Waals surface area contributed by atoms with E-state index in [1.807, 2.05) is 32.9 Å². The van der Waals surface area contributed by atoms with Crippen LogP contribution in [0.2, 0.25) is 0 Å². The summed E-state index contributed by atoms with van der Waals surface area (Å²) >= 11 is 0. The molecule has 0 aliphatic heterocycles. The molecular weight excluding hydrogens is 218 g/mol. The van der Waals surface area contributed by atoms with Gasteiger partial charge in [0.15, 0.2) is 0 Å². The van der Waals surface area contributed by atoms with Crippen molar-refractivity contribution in [1.82, 2.24) is 5.32 Å². The van der Waals surface area contributed by atoms with Crippen molar-refractivity contribution in [3.05, 3.63) is 23.4 Å². The molecular formula is C13H18NO3. The molecule has 1 radical (unpaired) electrons. The van der Waals surface area contributed by atoms with Crippen LogP contribution in [0.3, 0.4) is 0 Å². The Bertz CT molecular complexity index is 361. The number of hydrogen-bond acceptors (Lipinski definition) is 4. The summed E-state index contributed by atoms with van der Waals surface area (Å²) in [6.45, 7) is 5.58. The summed E-state index contributed by atoms with van der Waals surface area (Å²) in [5.41, 5.74) is 0.843. The second-order valence-corrected chi connectivity index (χ2v) is 4.84. The predicted octanol–water partition coefficient (Wildman–Crippen LogP) is 1.63. The topological polar surface area (TPSA) is 55.4 Å². The van der Waals surface area contributed by atoms with Crippen LogP contribution in [0, 0.1) is 0 Å². The van der Waals surface area contributed by atoms with E-state index in [1.54, 1.807) is 6.29 Å². The Morgan fingerprint density at radius 2 is 2.06 bits per heavy atom. The van der Waals surface area contributed by atoms with E-state index in [4.69, 9.17) is 4.74 Å². The number of esters is 1. The summed E-state index contributed by atoms with van der Waals surface area (Å²) in [7, 11) is 0. The van der Waals surface area contributed by atoms with E-state index in [1.165, 1.54) is 0 Å². The molecule has 4 heteroatoms. The number of hydrogen-bond donors (Lipinski definition) is 1. The molecule has 0 saturated carbocycles. The van der Waals surface area contributed by atoms with Crippen molar-refractivity contribution >= 4 is 12.3 Å². The van der Waals surface area contributed by atoms with Crippen molar-refractivity contribution in [2.45, 2.75) is 39.2 Å². The average molecular weight is 236 g/mol. The van der Waals surface area contributed by atoms with Gasteiger partial charge in [0.2, 0.25) is 6.29 Å². The molecule has 4 nitrogen and oxygen atoms in total. The molecule has 0 aromatic carbocycles. The smallest absolute Gasteiger partial charge is 0.336 e. The highest BCUT2D eigenvalue weighted by atomic mass is 16.6. The Kier molecular flexibility index (Phi) is 4.49. The number of carbonyl (C=O) groups excluding carboxylic acids is 2. The Labute approximate surface area is 102 Å². The van der Waals surface area contributed by atoms with E-state index in [0.29, 0.717) is 18.4 Å². The second-order valence-electron chi connectivity index (χ2n) is 4.84. The van der Waals surface area contributed by atoms with E-state index >= 15 is 0 Å². The molecule has 0 aromatic heterocycles. The largest absolute Gasteiger partial charge is 0.457 e. The molecule has 0 aromatic rings. The SMILES string of the molecule is CC(C)(C)OC(=O)C1=C(NC[C]=O)CC=CC1. The molecule has 0 spiro atoms. The molecule has 0 heterocycles. The van der Waals surface area contributed by atoms with Gasteiger partial charge < -0.3 is 10.1 Å². The van der Waals surface area contributed by atoms with Crippen molar-refractivity contribution in [1.29, 1.82) is 0 Å². The summed E-state index contributed by atoms with van der Waals surface area (Å²) in [6, 6.07) is 0. The van der Waals surface area contributed by atoms with E-state index in [-0.39, 0.29) is 12.5 Å². The normalized spacial score (nSPS) is 15.7. The van der Waals surface area contributed by atoms with Crippen LogP contribution in [0.4, 0.5) is 0 Å². The van der Waals surface area contributed by atoms with E-state index in [9.17, 15) is 9.59 Å². The molecule has 93 valence electrons.